The van der Waals surface area contributed by atoms with Crippen LogP contribution in [0.4, 0.5) is 0 Å². The molecule has 6 heteroatoms. The molecule has 2 heterocycles. The molecule has 6 aromatic carbocycles. The van der Waals surface area contributed by atoms with Crippen molar-refractivity contribution in [2.45, 2.75) is 20.3 Å². The van der Waals surface area contributed by atoms with Crippen molar-refractivity contribution < 1.29 is 29.2 Å². The molecule has 0 saturated heterocycles. The molecule has 0 fully saturated rings. The third-order valence-electron chi connectivity index (χ3n) is 11.1. The largest absolute Gasteiger partial charge is 0.147 e. The van der Waals surface area contributed by atoms with Crippen LogP contribution in [0.5, 0.6) is 0 Å². The molecule has 0 aliphatic heterocycles. The van der Waals surface area contributed by atoms with Crippen molar-refractivity contribution in [1.29, 1.82) is 0 Å². The van der Waals surface area contributed by atoms with Gasteiger partial charge in [-0.1, -0.05) is 0 Å². The number of rotatable bonds is 6. The Balaban J connectivity index is 0.00000207. The Morgan fingerprint density at radius 3 is 1.28 bits per heavy atom. The van der Waals surface area contributed by atoms with E-state index in [0.29, 0.717) is 7.25 Å². The zero-order valence-corrected chi connectivity index (χ0v) is 35.0. The van der Waals surface area contributed by atoms with Crippen LogP contribution in [-0.4, -0.2) is 5.43 Å². The van der Waals surface area contributed by atoms with Crippen LogP contribution in [0.25, 0.3) is 67.1 Å². The molecular formula is C48H38Cl2O2SiZr. The summed E-state index contributed by atoms with van der Waals surface area (Å²) in [4.78, 5) is 0. The van der Waals surface area contributed by atoms with Gasteiger partial charge in [0.15, 0.2) is 0 Å². The fraction of sp³-hybridized carbons (Fsp3) is 0.0833. The van der Waals surface area contributed by atoms with Crippen LogP contribution < -0.4 is 0 Å². The fourth-order valence-electron chi connectivity index (χ4n) is 8.92. The van der Waals surface area contributed by atoms with E-state index in [9.17, 15) is 0 Å². The Bertz CT molecular complexity index is 2580. The molecule has 0 N–H and O–H groups in total. The van der Waals surface area contributed by atoms with Gasteiger partial charge < -0.3 is 0 Å². The number of furan rings is 2. The number of fused-ring (bicyclic) bond motifs is 4. The molecule has 0 spiro atoms. The monoisotopic (exact) mass is 834 g/mol. The predicted molar refractivity (Wildman–Crippen MR) is 229 cm³/mol. The van der Waals surface area contributed by atoms with Crippen molar-refractivity contribution in [1.82, 2.24) is 0 Å². The van der Waals surface area contributed by atoms with E-state index in [1.165, 1.54) is 77.2 Å². The van der Waals surface area contributed by atoms with Gasteiger partial charge in [-0.25, -0.2) is 0 Å². The van der Waals surface area contributed by atoms with Gasteiger partial charge in [0, 0.05) is 0 Å². The Kier molecular flexibility index (Phi) is 10.2. The minimum atomic E-state index is -2.64. The molecule has 2 atom stereocenters. The number of allylic oxidation sites excluding steroid dienone is 2. The molecule has 264 valence electrons. The van der Waals surface area contributed by atoms with Gasteiger partial charge in [-0.15, -0.1) is 24.8 Å². The van der Waals surface area contributed by atoms with Crippen molar-refractivity contribution in [3.8, 4) is 22.3 Å². The quantitative estimate of drug-likeness (QED) is 0.156. The molecule has 0 radical (unpaired) electrons. The van der Waals surface area contributed by atoms with Crippen molar-refractivity contribution in [3.63, 3.8) is 0 Å². The third-order valence-corrected chi connectivity index (χ3v) is 30.3. The maximum atomic E-state index is 6.32. The van der Waals surface area contributed by atoms with Gasteiger partial charge in [-0.3, -0.25) is 0 Å². The number of hydrogen-bond donors (Lipinski definition) is 0. The van der Waals surface area contributed by atoms with Gasteiger partial charge >= 0.3 is 314 Å². The predicted octanol–water partition coefficient (Wildman–Crippen LogP) is 14.1. The van der Waals surface area contributed by atoms with E-state index in [1.54, 1.807) is 0 Å². The first-order chi connectivity index (χ1) is 25.7. The zero-order valence-electron chi connectivity index (χ0n) is 30.0. The van der Waals surface area contributed by atoms with E-state index in [-0.39, 0.29) is 24.8 Å². The van der Waals surface area contributed by atoms with Crippen LogP contribution in [0.15, 0.2) is 167 Å². The van der Waals surface area contributed by atoms with Gasteiger partial charge in [-0.05, 0) is 0 Å². The van der Waals surface area contributed by atoms with Crippen LogP contribution in [0, 0.1) is 0 Å². The summed E-state index contributed by atoms with van der Waals surface area (Å²) in [6, 6.07) is 53.5. The second-order valence-electron chi connectivity index (χ2n) is 14.1. The normalized spacial score (nSPS) is 15.5. The average molecular weight is 837 g/mol. The second kappa shape index (κ2) is 15.0. The van der Waals surface area contributed by atoms with Crippen LogP contribution in [0.2, 0.25) is 13.1 Å². The van der Waals surface area contributed by atoms with Crippen LogP contribution >= 0.6 is 24.8 Å². The zero-order chi connectivity index (χ0) is 34.8. The van der Waals surface area contributed by atoms with Crippen LogP contribution in [0.1, 0.15) is 41.0 Å². The molecule has 2 nitrogen and oxygen atoms in total. The first-order valence-electron chi connectivity index (χ1n) is 18.1. The number of halogens is 2. The Labute approximate surface area is 336 Å². The fourth-order valence-corrected chi connectivity index (χ4v) is 28.7. The molecule has 2 aliphatic carbocycles. The molecule has 8 aromatic rings. The standard InChI is InChI=1S/2C23H15O.C2H6Si.2ClH.Zr/c2*1-2-9-19-16(6-1)7-3-10-20(19)21-11-4-8-17-14-18(15-22(17)21)23-12-5-13-24-23;1-3-2;;;/h2*1-15H;1-2H3;2*1H;. The average Bonchev–Trinajstić information content (AvgIpc) is 4.02. The van der Waals surface area contributed by atoms with Crippen molar-refractivity contribution in [3.05, 3.63) is 192 Å². The van der Waals surface area contributed by atoms with Crippen LogP contribution in [-0.2, 0) is 20.4 Å². The summed E-state index contributed by atoms with van der Waals surface area (Å²) >= 11 is -2.64. The van der Waals surface area contributed by atoms with E-state index in [1.807, 2.05) is 24.7 Å². The second-order valence-corrected chi connectivity index (χ2v) is 32.0. The Morgan fingerprint density at radius 2 is 0.852 bits per heavy atom. The number of benzene rings is 6. The van der Waals surface area contributed by atoms with Crippen LogP contribution in [0.3, 0.4) is 0 Å². The van der Waals surface area contributed by atoms with E-state index < -0.39 is 25.8 Å². The summed E-state index contributed by atoms with van der Waals surface area (Å²) in [7, 11) is 0. The van der Waals surface area contributed by atoms with E-state index >= 15 is 0 Å². The molecule has 2 unspecified atom stereocenters. The maximum absolute atomic E-state index is 6.32. The van der Waals surface area contributed by atoms with Crippen molar-refractivity contribution >= 4 is 75.1 Å². The summed E-state index contributed by atoms with van der Waals surface area (Å²) in [5, 5.41) is 5.11. The molecule has 10 rings (SSSR count). The molecule has 0 saturated carbocycles. The summed E-state index contributed by atoms with van der Waals surface area (Å²) < 4.78 is 13.3. The van der Waals surface area contributed by atoms with Gasteiger partial charge in [0.1, 0.15) is 0 Å². The van der Waals surface area contributed by atoms with Gasteiger partial charge in [0.05, 0.1) is 0 Å². The van der Waals surface area contributed by atoms with E-state index in [0.717, 1.165) is 11.5 Å². The molecule has 0 bridgehead atoms. The Hall–Kier alpha value is -4.44. The number of hydrogen-bond acceptors (Lipinski definition) is 2. The molecule has 2 aliphatic rings. The first kappa shape index (κ1) is 36.5. The Morgan fingerprint density at radius 1 is 0.444 bits per heavy atom. The molecular weight excluding hydrogens is 799 g/mol. The van der Waals surface area contributed by atoms with Crippen molar-refractivity contribution in [2.75, 3.05) is 0 Å². The van der Waals surface area contributed by atoms with Crippen molar-refractivity contribution in [2.24, 2.45) is 0 Å². The van der Waals surface area contributed by atoms with E-state index in [4.69, 9.17) is 8.83 Å². The SMILES string of the molecule is C[Si](C)=[Zr]([CH]1C(c2ccco2)=Cc2c(-c3cccc4ccccc34)cccc21)[CH]1C(c2ccco2)=Cc2c(-c3cccc4ccccc34)cccc21.Cl.Cl. The smallest absolute Gasteiger partial charge is 0.147 e. The van der Waals surface area contributed by atoms with Gasteiger partial charge in [0.2, 0.25) is 0 Å². The molecule has 54 heavy (non-hydrogen) atoms. The summed E-state index contributed by atoms with van der Waals surface area (Å²) in [6.45, 7) is 5.16. The summed E-state index contributed by atoms with van der Waals surface area (Å²) in [6.07, 6.45) is 8.65. The minimum absolute atomic E-state index is 0. The topological polar surface area (TPSA) is 26.3 Å². The molecule has 0 amide bonds. The maximum Gasteiger partial charge on any atom is -0.147 e. The minimum Gasteiger partial charge on any atom is -0.147 e. The van der Waals surface area contributed by atoms with Gasteiger partial charge in [0.25, 0.3) is 0 Å². The van der Waals surface area contributed by atoms with E-state index in [2.05, 4.69) is 159 Å². The van der Waals surface area contributed by atoms with Gasteiger partial charge in [-0.2, -0.15) is 0 Å². The first-order valence-corrected chi connectivity index (χ1v) is 27.1. The third kappa shape index (κ3) is 5.96. The summed E-state index contributed by atoms with van der Waals surface area (Å²) in [5.41, 5.74) is 12.8. The molecule has 2 aromatic heterocycles. The summed E-state index contributed by atoms with van der Waals surface area (Å²) in [5.74, 6) is 2.00.